The van der Waals surface area contributed by atoms with Crippen molar-refractivity contribution >= 4 is 51.3 Å². The summed E-state index contributed by atoms with van der Waals surface area (Å²) >= 11 is 19.4. The van der Waals surface area contributed by atoms with E-state index in [2.05, 4.69) is 4.98 Å². The Morgan fingerprint density at radius 1 is 1.28 bits per heavy atom. The van der Waals surface area contributed by atoms with Gasteiger partial charge in [-0.3, -0.25) is 0 Å². The summed E-state index contributed by atoms with van der Waals surface area (Å²) in [6.07, 6.45) is 0. The molecular formula is C12H11Cl3N2S. The molecule has 0 bridgehead atoms. The Bertz CT molecular complexity index is 542. The molecule has 0 amide bonds. The largest absolute Gasteiger partial charge is 0.347 e. The topological polar surface area (TPSA) is 16.1 Å². The molecule has 6 heteroatoms. The van der Waals surface area contributed by atoms with E-state index in [0.29, 0.717) is 17.6 Å². The van der Waals surface area contributed by atoms with Gasteiger partial charge < -0.3 is 4.90 Å². The van der Waals surface area contributed by atoms with Crippen molar-refractivity contribution in [3.63, 3.8) is 0 Å². The van der Waals surface area contributed by atoms with E-state index in [1.165, 1.54) is 11.3 Å². The van der Waals surface area contributed by atoms with Crippen LogP contribution in [0.15, 0.2) is 24.3 Å². The van der Waals surface area contributed by atoms with E-state index < -0.39 is 0 Å². The summed E-state index contributed by atoms with van der Waals surface area (Å²) in [5.74, 6) is 0.385. The van der Waals surface area contributed by atoms with Gasteiger partial charge in [-0.25, -0.2) is 4.98 Å². The second kappa shape index (κ2) is 6.11. The quantitative estimate of drug-likeness (QED) is 0.750. The summed E-state index contributed by atoms with van der Waals surface area (Å²) < 4.78 is 0. The number of benzene rings is 1. The van der Waals surface area contributed by atoms with Crippen molar-refractivity contribution in [2.24, 2.45) is 0 Å². The molecule has 0 spiro atoms. The van der Waals surface area contributed by atoms with E-state index in [1.54, 1.807) is 0 Å². The van der Waals surface area contributed by atoms with Crippen LogP contribution >= 0.6 is 46.1 Å². The van der Waals surface area contributed by atoms with Gasteiger partial charge in [-0.05, 0) is 11.6 Å². The molecular weight excluding hydrogens is 311 g/mol. The molecule has 18 heavy (non-hydrogen) atoms. The molecule has 96 valence electrons. The van der Waals surface area contributed by atoms with Gasteiger partial charge in [0.05, 0.1) is 10.8 Å². The highest BCUT2D eigenvalue weighted by molar-refractivity contribution is 7.16. The van der Waals surface area contributed by atoms with Crippen molar-refractivity contribution in [1.29, 1.82) is 0 Å². The van der Waals surface area contributed by atoms with Crippen LogP contribution in [0.4, 0.5) is 5.13 Å². The van der Waals surface area contributed by atoms with Gasteiger partial charge >= 0.3 is 0 Å². The van der Waals surface area contributed by atoms with Crippen LogP contribution in [0.2, 0.25) is 10.2 Å². The molecule has 0 N–H and O–H groups in total. The van der Waals surface area contributed by atoms with Crippen molar-refractivity contribution in [2.45, 2.75) is 12.4 Å². The van der Waals surface area contributed by atoms with Gasteiger partial charge in [0.15, 0.2) is 5.13 Å². The first-order valence-electron chi connectivity index (χ1n) is 5.27. The van der Waals surface area contributed by atoms with Crippen molar-refractivity contribution < 1.29 is 0 Å². The highest BCUT2D eigenvalue weighted by Crippen LogP contribution is 2.31. The molecule has 0 unspecified atom stereocenters. The van der Waals surface area contributed by atoms with Gasteiger partial charge in [0, 0.05) is 18.6 Å². The average Bonchev–Trinajstić information content (AvgIpc) is 2.73. The monoisotopic (exact) mass is 320 g/mol. The van der Waals surface area contributed by atoms with Crippen LogP contribution in [0.25, 0.3) is 0 Å². The van der Waals surface area contributed by atoms with Crippen molar-refractivity contribution in [3.05, 3.63) is 44.9 Å². The number of halogens is 3. The first kappa shape index (κ1) is 13.9. The lowest BCUT2D eigenvalue weighted by Gasteiger charge is -2.16. The summed E-state index contributed by atoms with van der Waals surface area (Å²) in [6.45, 7) is 0.686. The Kier molecular flexibility index (Phi) is 4.73. The normalized spacial score (nSPS) is 10.7. The van der Waals surface area contributed by atoms with Crippen LogP contribution in [0, 0.1) is 0 Å². The summed E-state index contributed by atoms with van der Waals surface area (Å²) in [5, 5.41) is 2.08. The fraction of sp³-hybridized carbons (Fsp3) is 0.250. The van der Waals surface area contributed by atoms with E-state index >= 15 is 0 Å². The van der Waals surface area contributed by atoms with Crippen LogP contribution in [-0.4, -0.2) is 12.0 Å². The molecule has 2 nitrogen and oxygen atoms in total. The minimum atomic E-state index is 0.385. The number of alkyl halides is 1. The third-order valence-electron chi connectivity index (χ3n) is 2.45. The zero-order chi connectivity index (χ0) is 13.1. The van der Waals surface area contributed by atoms with Crippen LogP contribution in [0.1, 0.15) is 10.4 Å². The number of anilines is 1. The maximum Gasteiger partial charge on any atom is 0.187 e. The molecule has 1 aromatic heterocycles. The van der Waals surface area contributed by atoms with Crippen LogP contribution in [0.3, 0.4) is 0 Å². The Morgan fingerprint density at radius 3 is 2.61 bits per heavy atom. The van der Waals surface area contributed by atoms with Crippen molar-refractivity contribution in [1.82, 2.24) is 4.98 Å². The lowest BCUT2D eigenvalue weighted by atomic mass is 10.2. The van der Waals surface area contributed by atoms with Crippen LogP contribution in [-0.2, 0) is 12.4 Å². The summed E-state index contributed by atoms with van der Waals surface area (Å²) in [4.78, 5) is 7.19. The molecule has 0 saturated carbocycles. The summed E-state index contributed by atoms with van der Waals surface area (Å²) in [6, 6.07) is 7.76. The predicted octanol–water partition coefficient (Wildman–Crippen LogP) is 4.83. The molecule has 0 atom stereocenters. The fourth-order valence-electron chi connectivity index (χ4n) is 1.52. The van der Waals surface area contributed by atoms with Gasteiger partial charge in [-0.15, -0.1) is 11.6 Å². The lowest BCUT2D eigenvalue weighted by molar-refractivity contribution is 0.915. The van der Waals surface area contributed by atoms with E-state index in [9.17, 15) is 0 Å². The number of hydrogen-bond donors (Lipinski definition) is 0. The summed E-state index contributed by atoms with van der Waals surface area (Å²) in [5.41, 5.74) is 1.06. The molecule has 0 aliphatic rings. The summed E-state index contributed by atoms with van der Waals surface area (Å²) in [7, 11) is 1.95. The van der Waals surface area contributed by atoms with Gasteiger partial charge in [0.2, 0.25) is 0 Å². The average molecular weight is 322 g/mol. The van der Waals surface area contributed by atoms with Crippen LogP contribution < -0.4 is 4.90 Å². The first-order valence-corrected chi connectivity index (χ1v) is 7.38. The van der Waals surface area contributed by atoms with Gasteiger partial charge in [0.25, 0.3) is 0 Å². The molecule has 1 aromatic carbocycles. The standard InChI is InChI=1S/C12H11Cl3N2S/c1-17(7-8-4-2-3-5-9(8)14)12-16-11(15)10(6-13)18-12/h2-5H,6-7H2,1H3. The first-order chi connectivity index (χ1) is 8.61. The van der Waals surface area contributed by atoms with Crippen molar-refractivity contribution in [3.8, 4) is 0 Å². The minimum absolute atomic E-state index is 0.385. The van der Waals surface area contributed by atoms with Crippen molar-refractivity contribution in [2.75, 3.05) is 11.9 Å². The molecule has 2 rings (SSSR count). The highest BCUT2D eigenvalue weighted by atomic mass is 35.5. The lowest BCUT2D eigenvalue weighted by Crippen LogP contribution is -2.16. The molecule has 2 aromatic rings. The van der Waals surface area contributed by atoms with Gasteiger partial charge in [-0.2, -0.15) is 0 Å². The third-order valence-corrected chi connectivity index (χ3v) is 4.84. The number of hydrogen-bond acceptors (Lipinski definition) is 3. The number of aromatic nitrogens is 1. The molecule has 0 aliphatic carbocycles. The molecule has 0 radical (unpaired) electrons. The Morgan fingerprint density at radius 2 is 2.00 bits per heavy atom. The highest BCUT2D eigenvalue weighted by Gasteiger charge is 2.13. The third kappa shape index (κ3) is 3.09. The molecule has 0 aliphatic heterocycles. The predicted molar refractivity (Wildman–Crippen MR) is 80.2 cm³/mol. The Balaban J connectivity index is 2.16. The van der Waals surface area contributed by atoms with Crippen LogP contribution in [0.5, 0.6) is 0 Å². The minimum Gasteiger partial charge on any atom is -0.347 e. The fourth-order valence-corrected chi connectivity index (χ4v) is 3.15. The Labute approximate surface area is 125 Å². The SMILES string of the molecule is CN(Cc1ccccc1Cl)c1nc(Cl)c(CCl)s1. The smallest absolute Gasteiger partial charge is 0.187 e. The maximum atomic E-state index is 6.13. The maximum absolute atomic E-state index is 6.13. The molecule has 1 heterocycles. The van der Waals surface area contributed by atoms with Gasteiger partial charge in [-0.1, -0.05) is 52.7 Å². The second-order valence-electron chi connectivity index (χ2n) is 3.79. The Hall–Kier alpha value is -0.480. The van der Waals surface area contributed by atoms with E-state index in [-0.39, 0.29) is 0 Å². The molecule has 0 fully saturated rings. The van der Waals surface area contributed by atoms with E-state index in [0.717, 1.165) is 20.6 Å². The number of nitrogens with zero attached hydrogens (tertiary/aromatic N) is 2. The second-order valence-corrected chi connectivity index (χ2v) is 5.89. The molecule has 0 saturated heterocycles. The van der Waals surface area contributed by atoms with E-state index in [1.807, 2.05) is 36.2 Å². The van der Waals surface area contributed by atoms with Gasteiger partial charge in [0.1, 0.15) is 5.15 Å². The zero-order valence-corrected chi connectivity index (χ0v) is 12.7. The zero-order valence-electron chi connectivity index (χ0n) is 9.66. The van der Waals surface area contributed by atoms with E-state index in [4.69, 9.17) is 34.8 Å². The number of rotatable bonds is 4. The number of thiazole rings is 1.